The third-order valence-electron chi connectivity index (χ3n) is 6.29. The molecule has 0 aromatic heterocycles. The third-order valence-corrected chi connectivity index (χ3v) is 6.29. The van der Waals surface area contributed by atoms with Crippen LogP contribution in [-0.4, -0.2) is 17.7 Å². The molecular weight excluding hydrogens is 352 g/mol. The van der Waals surface area contributed by atoms with E-state index in [1.54, 1.807) is 12.1 Å². The van der Waals surface area contributed by atoms with Crippen LogP contribution in [0, 0.1) is 10.1 Å². The second-order valence-electron chi connectivity index (χ2n) is 7.97. The number of hydrogen-bond acceptors (Lipinski definition) is 4. The van der Waals surface area contributed by atoms with Gasteiger partial charge in [0.15, 0.2) is 0 Å². The van der Waals surface area contributed by atoms with Crippen LogP contribution in [0.5, 0.6) is 5.75 Å². The van der Waals surface area contributed by atoms with Crippen molar-refractivity contribution in [3.8, 4) is 5.75 Å². The molecule has 140 valence electrons. The molecule has 3 aromatic rings. The average molecular weight is 372 g/mol. The fourth-order valence-electron chi connectivity index (χ4n) is 4.69. The second-order valence-corrected chi connectivity index (χ2v) is 7.97. The van der Waals surface area contributed by atoms with E-state index in [1.807, 2.05) is 18.2 Å². The number of fused-ring (bicyclic) bond motifs is 4. The predicted octanol–water partition coefficient (Wildman–Crippen LogP) is 5.28. The molecule has 0 unspecified atom stereocenters. The summed E-state index contributed by atoms with van der Waals surface area (Å²) in [5.41, 5.74) is 2.42. The Morgan fingerprint density at radius 2 is 1.82 bits per heavy atom. The molecule has 3 aromatic carbocycles. The fourth-order valence-corrected chi connectivity index (χ4v) is 4.69. The highest BCUT2D eigenvalue weighted by Gasteiger charge is 2.57. The van der Waals surface area contributed by atoms with E-state index in [9.17, 15) is 10.1 Å². The zero-order valence-corrected chi connectivity index (χ0v) is 16.0. The lowest BCUT2D eigenvalue weighted by Crippen LogP contribution is -2.58. The maximum Gasteiger partial charge on any atom is 0.270 e. The molecule has 1 spiro atoms. The van der Waals surface area contributed by atoms with Gasteiger partial charge in [0, 0.05) is 30.4 Å². The Kier molecular flexibility index (Phi) is 3.21. The number of benzene rings is 3. The Labute approximate surface area is 163 Å². The Hall–Kier alpha value is -3.34. The van der Waals surface area contributed by atoms with E-state index in [1.165, 1.54) is 11.6 Å². The summed E-state index contributed by atoms with van der Waals surface area (Å²) in [5.74, 6) is 0.739. The Morgan fingerprint density at radius 3 is 2.57 bits per heavy atom. The number of nitro benzene ring substituents is 1. The summed E-state index contributed by atoms with van der Waals surface area (Å²) in [6, 6.07) is 17.2. The first-order valence-corrected chi connectivity index (χ1v) is 9.28. The minimum absolute atomic E-state index is 0.0836. The van der Waals surface area contributed by atoms with Gasteiger partial charge in [-0.05, 0) is 60.5 Å². The van der Waals surface area contributed by atoms with E-state index < -0.39 is 5.72 Å². The molecule has 1 atom stereocenters. The molecule has 0 N–H and O–H groups in total. The van der Waals surface area contributed by atoms with E-state index in [0.717, 1.165) is 27.8 Å². The summed E-state index contributed by atoms with van der Waals surface area (Å²) in [4.78, 5) is 13.0. The van der Waals surface area contributed by atoms with E-state index in [4.69, 9.17) is 4.74 Å². The smallest absolute Gasteiger partial charge is 0.270 e. The van der Waals surface area contributed by atoms with E-state index in [2.05, 4.69) is 56.1 Å². The van der Waals surface area contributed by atoms with Crippen LogP contribution in [0.3, 0.4) is 0 Å². The highest BCUT2D eigenvalue weighted by molar-refractivity contribution is 5.95. The molecule has 0 aliphatic carbocycles. The summed E-state index contributed by atoms with van der Waals surface area (Å²) in [6.07, 6.45) is 4.14. The Balaban J connectivity index is 1.70. The summed E-state index contributed by atoms with van der Waals surface area (Å²) >= 11 is 0. The zero-order chi connectivity index (χ0) is 19.7. The maximum absolute atomic E-state index is 11.2. The first kappa shape index (κ1) is 16.8. The van der Waals surface area contributed by atoms with Gasteiger partial charge in [-0.1, -0.05) is 24.3 Å². The molecule has 28 heavy (non-hydrogen) atoms. The number of hydrogen-bond donors (Lipinski definition) is 0. The van der Waals surface area contributed by atoms with Crippen LogP contribution in [-0.2, 0) is 5.41 Å². The fraction of sp³-hybridized carbons (Fsp3) is 0.217. The Bertz CT molecular complexity index is 1180. The highest BCUT2D eigenvalue weighted by atomic mass is 16.6. The first-order chi connectivity index (χ1) is 13.3. The van der Waals surface area contributed by atoms with Crippen molar-refractivity contribution in [1.29, 1.82) is 0 Å². The van der Waals surface area contributed by atoms with Crippen molar-refractivity contribution < 1.29 is 9.66 Å². The first-order valence-electron chi connectivity index (χ1n) is 9.28. The quantitative estimate of drug-likeness (QED) is 0.431. The van der Waals surface area contributed by atoms with Crippen molar-refractivity contribution in [3.63, 3.8) is 0 Å². The van der Waals surface area contributed by atoms with E-state index >= 15 is 0 Å². The summed E-state index contributed by atoms with van der Waals surface area (Å²) in [7, 11) is 2.05. The van der Waals surface area contributed by atoms with Crippen molar-refractivity contribution in [1.82, 2.24) is 0 Å². The average Bonchev–Trinajstić information content (AvgIpc) is 2.86. The molecule has 0 saturated carbocycles. The molecular formula is C23H20N2O3. The molecule has 0 radical (unpaired) electrons. The van der Waals surface area contributed by atoms with Gasteiger partial charge in [0.2, 0.25) is 5.72 Å². The number of rotatable bonds is 1. The number of nitro groups is 1. The van der Waals surface area contributed by atoms with Crippen LogP contribution in [0.2, 0.25) is 0 Å². The lowest BCUT2D eigenvalue weighted by Gasteiger charge is -2.46. The molecule has 0 bridgehead atoms. The van der Waals surface area contributed by atoms with Crippen LogP contribution in [0.15, 0.2) is 60.7 Å². The number of nitrogens with zero attached hydrogens (tertiary/aromatic N) is 2. The van der Waals surface area contributed by atoms with Gasteiger partial charge in [0.05, 0.1) is 10.3 Å². The molecule has 5 nitrogen and oxygen atoms in total. The van der Waals surface area contributed by atoms with Gasteiger partial charge in [0.25, 0.3) is 5.69 Å². The van der Waals surface area contributed by atoms with Crippen molar-refractivity contribution in [2.24, 2.45) is 0 Å². The lowest BCUT2D eigenvalue weighted by molar-refractivity contribution is -0.384. The zero-order valence-electron chi connectivity index (χ0n) is 16.0. The predicted molar refractivity (Wildman–Crippen MR) is 111 cm³/mol. The number of non-ortho nitro benzene ring substituents is 1. The van der Waals surface area contributed by atoms with Crippen LogP contribution < -0.4 is 9.64 Å². The minimum Gasteiger partial charge on any atom is -0.463 e. The third kappa shape index (κ3) is 1.96. The number of ether oxygens (including phenoxy) is 1. The van der Waals surface area contributed by atoms with Crippen molar-refractivity contribution in [3.05, 3.63) is 81.9 Å². The van der Waals surface area contributed by atoms with Gasteiger partial charge in [-0.3, -0.25) is 10.1 Å². The van der Waals surface area contributed by atoms with Crippen LogP contribution >= 0.6 is 0 Å². The van der Waals surface area contributed by atoms with Crippen LogP contribution in [0.4, 0.5) is 11.4 Å². The van der Waals surface area contributed by atoms with Crippen LogP contribution in [0.25, 0.3) is 16.8 Å². The topological polar surface area (TPSA) is 55.6 Å². The maximum atomic E-state index is 11.2. The molecule has 0 fully saturated rings. The molecule has 0 saturated heterocycles. The normalized spacial score (nSPS) is 21.5. The Morgan fingerprint density at radius 1 is 1.07 bits per heavy atom. The highest BCUT2D eigenvalue weighted by Crippen LogP contribution is 2.54. The van der Waals surface area contributed by atoms with Gasteiger partial charge >= 0.3 is 0 Å². The lowest BCUT2D eigenvalue weighted by atomic mass is 9.76. The molecule has 2 heterocycles. The molecule has 2 aliphatic rings. The molecule has 2 aliphatic heterocycles. The van der Waals surface area contributed by atoms with Crippen molar-refractivity contribution in [2.75, 3.05) is 11.9 Å². The number of likely N-dealkylation sites (N-methyl/N-ethyl adjacent to an activating group) is 1. The summed E-state index contributed by atoms with van der Waals surface area (Å²) in [5, 5.41) is 13.0. The molecule has 5 rings (SSSR count). The summed E-state index contributed by atoms with van der Waals surface area (Å²) < 4.78 is 6.67. The van der Waals surface area contributed by atoms with Gasteiger partial charge in [-0.25, -0.2) is 0 Å². The monoisotopic (exact) mass is 372 g/mol. The van der Waals surface area contributed by atoms with E-state index in [-0.39, 0.29) is 16.0 Å². The number of anilines is 1. The van der Waals surface area contributed by atoms with Crippen molar-refractivity contribution in [2.45, 2.75) is 25.0 Å². The van der Waals surface area contributed by atoms with Gasteiger partial charge in [-0.2, -0.15) is 0 Å². The van der Waals surface area contributed by atoms with Crippen LogP contribution in [0.1, 0.15) is 25.0 Å². The SMILES string of the molecule is CN1c2ccccc2C(C)(C)[C@@]12C=Cc1c(ccc3ccc([N+](=O)[O-])cc13)O2. The number of para-hydroxylation sites is 1. The van der Waals surface area contributed by atoms with Gasteiger partial charge in [-0.15, -0.1) is 0 Å². The second kappa shape index (κ2) is 5.35. The standard InChI is InChI=1S/C23H20N2O3/c1-22(2)19-6-4-5-7-20(19)24(3)23(22)13-12-17-18-14-16(25(26)27)10-8-15(18)9-11-21(17)28-23/h4-14H,1-3H3/t23-/m0/s1. The van der Waals surface area contributed by atoms with Crippen molar-refractivity contribution >= 4 is 28.2 Å². The largest absolute Gasteiger partial charge is 0.463 e. The molecule has 0 amide bonds. The van der Waals surface area contributed by atoms with E-state index in [0.29, 0.717) is 0 Å². The minimum atomic E-state index is -0.655. The molecule has 5 heteroatoms. The van der Waals surface area contributed by atoms with Gasteiger partial charge in [0.1, 0.15) is 5.75 Å². The summed E-state index contributed by atoms with van der Waals surface area (Å²) in [6.45, 7) is 4.38. The van der Waals surface area contributed by atoms with Gasteiger partial charge < -0.3 is 9.64 Å².